The summed E-state index contributed by atoms with van der Waals surface area (Å²) in [5, 5.41) is 0. The summed E-state index contributed by atoms with van der Waals surface area (Å²) in [6, 6.07) is 0. The molecule has 3 N–H and O–H groups in total. The third-order valence-corrected chi connectivity index (χ3v) is 1.85. The Labute approximate surface area is 72.0 Å². The number of H-pyrrole nitrogens is 1. The zero-order chi connectivity index (χ0) is 8.72. The van der Waals surface area contributed by atoms with E-state index in [4.69, 9.17) is 5.73 Å². The molecule has 0 aliphatic rings. The molecule has 2 heterocycles. The topological polar surface area (TPSA) is 89.6 Å². The number of fused-ring (bicyclic) bond motifs is 1. The van der Waals surface area contributed by atoms with Crippen molar-refractivity contribution in [3.05, 3.63) is 16.7 Å². The van der Waals surface area contributed by atoms with Crippen molar-refractivity contribution in [3.63, 3.8) is 0 Å². The fourth-order valence-electron chi connectivity index (χ4n) is 0.895. The van der Waals surface area contributed by atoms with Crippen molar-refractivity contribution >= 4 is 29.9 Å². The van der Waals surface area contributed by atoms with Crippen molar-refractivity contribution in [2.24, 2.45) is 0 Å². The molecule has 0 spiro atoms. The Morgan fingerprint density at radius 3 is 3.17 bits per heavy atom. The number of aromatic nitrogens is 4. The highest BCUT2D eigenvalue weighted by atomic mass is 32.1. The largest absolute Gasteiger partial charge is 0.368 e. The minimum absolute atomic E-state index is 0.0305. The van der Waals surface area contributed by atoms with Gasteiger partial charge in [0.25, 0.3) is 5.56 Å². The summed E-state index contributed by atoms with van der Waals surface area (Å²) in [6.07, 6.45) is 1.38. The molecule has 0 aliphatic carbocycles. The van der Waals surface area contributed by atoms with Crippen LogP contribution in [0.4, 0.5) is 5.95 Å². The molecule has 0 fully saturated rings. The average molecular weight is 183 g/mol. The third-order valence-electron chi connectivity index (χ3n) is 1.46. The second-order valence-corrected chi connectivity index (χ2v) is 2.59. The maximum atomic E-state index is 11.3. The smallest absolute Gasteiger partial charge is 0.290 e. The van der Waals surface area contributed by atoms with Gasteiger partial charge < -0.3 is 10.7 Å². The number of aromatic amines is 1. The number of nitrogens with one attached hydrogen (secondary N) is 1. The van der Waals surface area contributed by atoms with Crippen LogP contribution in [0.1, 0.15) is 0 Å². The molecule has 62 valence electrons. The Morgan fingerprint density at radius 1 is 1.67 bits per heavy atom. The van der Waals surface area contributed by atoms with E-state index in [1.165, 1.54) is 6.33 Å². The lowest BCUT2D eigenvalue weighted by Gasteiger charge is -1.97. The summed E-state index contributed by atoms with van der Waals surface area (Å²) in [5.74, 6) is 0.0305. The predicted molar refractivity (Wildman–Crippen MR) is 46.9 cm³/mol. The maximum absolute atomic E-state index is 11.3. The van der Waals surface area contributed by atoms with Gasteiger partial charge in [-0.25, -0.2) is 8.96 Å². The van der Waals surface area contributed by atoms with Gasteiger partial charge >= 0.3 is 0 Å². The third kappa shape index (κ3) is 0.797. The van der Waals surface area contributed by atoms with Gasteiger partial charge in [-0.1, -0.05) is 12.8 Å². The van der Waals surface area contributed by atoms with Crippen molar-refractivity contribution in [2.45, 2.75) is 0 Å². The first-order valence-corrected chi connectivity index (χ1v) is 3.51. The summed E-state index contributed by atoms with van der Waals surface area (Å²) in [6.45, 7) is 0. The zero-order valence-electron chi connectivity index (χ0n) is 5.85. The van der Waals surface area contributed by atoms with Crippen LogP contribution in [0.25, 0.3) is 11.2 Å². The fraction of sp³-hybridized carbons (Fsp3) is 0. The van der Waals surface area contributed by atoms with Crippen LogP contribution in [0.3, 0.4) is 0 Å². The SMILES string of the molecule is Nc1nc2nc[nH]c2c(=O)n1S. The number of nitrogens with two attached hydrogens (primary N) is 1. The Bertz CT molecular complexity index is 486. The lowest BCUT2D eigenvalue weighted by molar-refractivity contribution is 1.11. The van der Waals surface area contributed by atoms with Crippen LogP contribution in [0.5, 0.6) is 0 Å². The number of imidazole rings is 1. The van der Waals surface area contributed by atoms with Crippen molar-refractivity contribution in [3.8, 4) is 0 Å². The minimum atomic E-state index is -0.349. The van der Waals surface area contributed by atoms with Crippen LogP contribution in [0.15, 0.2) is 11.1 Å². The molecule has 7 heteroatoms. The van der Waals surface area contributed by atoms with E-state index in [0.29, 0.717) is 11.2 Å². The molecule has 6 nitrogen and oxygen atoms in total. The Balaban J connectivity index is 3.05. The minimum Gasteiger partial charge on any atom is -0.368 e. The molecule has 0 aliphatic heterocycles. The van der Waals surface area contributed by atoms with Crippen molar-refractivity contribution < 1.29 is 0 Å². The number of hydrogen-bond acceptors (Lipinski definition) is 5. The lowest BCUT2D eigenvalue weighted by atomic mass is 10.5. The molecular formula is C5H5N5OS. The molecule has 2 rings (SSSR count). The van der Waals surface area contributed by atoms with E-state index in [9.17, 15) is 4.79 Å². The monoisotopic (exact) mass is 183 g/mol. The molecule has 0 amide bonds. The first-order valence-electron chi connectivity index (χ1n) is 3.11. The van der Waals surface area contributed by atoms with Gasteiger partial charge in [0.15, 0.2) is 11.2 Å². The van der Waals surface area contributed by atoms with E-state index in [2.05, 4.69) is 27.8 Å². The van der Waals surface area contributed by atoms with Gasteiger partial charge in [-0.3, -0.25) is 4.79 Å². The van der Waals surface area contributed by atoms with Crippen LogP contribution < -0.4 is 11.3 Å². The van der Waals surface area contributed by atoms with Gasteiger partial charge in [-0.15, -0.1) is 0 Å². The summed E-state index contributed by atoms with van der Waals surface area (Å²) in [4.78, 5) is 21.6. The highest BCUT2D eigenvalue weighted by Gasteiger charge is 2.06. The van der Waals surface area contributed by atoms with Crippen molar-refractivity contribution in [1.82, 2.24) is 18.9 Å². The second kappa shape index (κ2) is 2.24. The number of hydrogen-bond donors (Lipinski definition) is 3. The van der Waals surface area contributed by atoms with Gasteiger partial charge in [0, 0.05) is 0 Å². The maximum Gasteiger partial charge on any atom is 0.290 e. The van der Waals surface area contributed by atoms with E-state index < -0.39 is 0 Å². The van der Waals surface area contributed by atoms with Crippen LogP contribution in [0, 0.1) is 0 Å². The van der Waals surface area contributed by atoms with Crippen LogP contribution >= 0.6 is 12.8 Å². The number of rotatable bonds is 0. The van der Waals surface area contributed by atoms with Gasteiger partial charge in [0.1, 0.15) is 0 Å². The normalized spacial score (nSPS) is 10.8. The van der Waals surface area contributed by atoms with Crippen LogP contribution in [-0.4, -0.2) is 18.9 Å². The van der Waals surface area contributed by atoms with E-state index >= 15 is 0 Å². The van der Waals surface area contributed by atoms with Gasteiger partial charge in [-0.05, 0) is 0 Å². The molecule has 2 aromatic rings. The van der Waals surface area contributed by atoms with Gasteiger partial charge in [-0.2, -0.15) is 4.98 Å². The Kier molecular flexibility index (Phi) is 1.34. The molecule has 12 heavy (non-hydrogen) atoms. The van der Waals surface area contributed by atoms with Gasteiger partial charge in [0.05, 0.1) is 6.33 Å². The zero-order valence-corrected chi connectivity index (χ0v) is 6.75. The average Bonchev–Trinajstić information content (AvgIpc) is 2.48. The van der Waals surface area contributed by atoms with E-state index in [1.54, 1.807) is 0 Å². The molecule has 2 aromatic heterocycles. The molecule has 0 unspecified atom stereocenters. The summed E-state index contributed by atoms with van der Waals surface area (Å²) >= 11 is 3.83. The number of nitrogens with zero attached hydrogens (tertiary/aromatic N) is 3. The van der Waals surface area contributed by atoms with Crippen LogP contribution in [-0.2, 0) is 0 Å². The molecule has 0 saturated heterocycles. The van der Waals surface area contributed by atoms with Crippen molar-refractivity contribution in [2.75, 3.05) is 5.73 Å². The van der Waals surface area contributed by atoms with Gasteiger partial charge in [0.2, 0.25) is 5.95 Å². The highest BCUT2D eigenvalue weighted by molar-refractivity contribution is 7.78. The first kappa shape index (κ1) is 7.17. The lowest BCUT2D eigenvalue weighted by Crippen LogP contribution is -2.18. The Hall–Kier alpha value is -1.50. The molecule has 0 saturated carbocycles. The molecule has 0 radical (unpaired) electrons. The molecule has 0 atom stereocenters. The van der Waals surface area contributed by atoms with E-state index in [-0.39, 0.29) is 11.5 Å². The molecular weight excluding hydrogens is 178 g/mol. The summed E-state index contributed by atoms with van der Waals surface area (Å²) in [7, 11) is 0. The quantitative estimate of drug-likeness (QED) is 0.475. The molecule has 0 aromatic carbocycles. The molecule has 0 bridgehead atoms. The second-order valence-electron chi connectivity index (χ2n) is 2.19. The number of anilines is 1. The van der Waals surface area contributed by atoms with Crippen molar-refractivity contribution in [1.29, 1.82) is 0 Å². The number of nitrogen functional groups attached to an aromatic ring is 1. The summed E-state index contributed by atoms with van der Waals surface area (Å²) in [5.41, 5.74) is 5.63. The Morgan fingerprint density at radius 2 is 2.42 bits per heavy atom. The standard InChI is InChI=1S/C5H5N5OS/c6-5-9-3-2(7-1-8-3)4(11)10(5)12/h1,12H,(H2,6,9)(H,7,8). The van der Waals surface area contributed by atoms with Crippen LogP contribution in [0.2, 0.25) is 0 Å². The van der Waals surface area contributed by atoms with E-state index in [0.717, 1.165) is 3.97 Å². The first-order chi connectivity index (χ1) is 5.70. The fourth-order valence-corrected chi connectivity index (χ4v) is 1.04. The van der Waals surface area contributed by atoms with E-state index in [1.807, 2.05) is 0 Å². The number of thiol groups is 1. The predicted octanol–water partition coefficient (Wildman–Crippen LogP) is -0.605. The summed E-state index contributed by atoms with van der Waals surface area (Å²) < 4.78 is 0.959. The highest BCUT2D eigenvalue weighted by Crippen LogP contribution is 2.03.